The standard InChI is InChI=1S/C26H46O8/c1-3-5-12-17-23(29)33-20-26(25(31)32,21-34-24(30)18-13-6-4-2)19-15-11-9-7-8-10-14-16-22(27)28/h3-21H2,1-2H3,(H,27,28)(H,31,32). The number of carbonyl (C=O) groups is 4. The largest absolute Gasteiger partial charge is 0.481 e. The third kappa shape index (κ3) is 16.5. The van der Waals surface area contributed by atoms with Gasteiger partial charge in [-0.05, 0) is 25.7 Å². The van der Waals surface area contributed by atoms with Crippen molar-refractivity contribution in [2.75, 3.05) is 13.2 Å². The van der Waals surface area contributed by atoms with Gasteiger partial charge in [-0.2, -0.15) is 0 Å². The third-order valence-electron chi connectivity index (χ3n) is 5.99. The van der Waals surface area contributed by atoms with Crippen LogP contribution in [0.5, 0.6) is 0 Å². The monoisotopic (exact) mass is 486 g/mol. The van der Waals surface area contributed by atoms with Gasteiger partial charge in [0.2, 0.25) is 0 Å². The maximum atomic E-state index is 12.2. The van der Waals surface area contributed by atoms with E-state index in [1.54, 1.807) is 0 Å². The fraction of sp³-hybridized carbons (Fsp3) is 0.846. The van der Waals surface area contributed by atoms with Crippen LogP contribution in [0.2, 0.25) is 0 Å². The molecule has 0 aliphatic carbocycles. The second-order valence-corrected chi connectivity index (χ2v) is 9.19. The normalized spacial score (nSPS) is 11.2. The van der Waals surface area contributed by atoms with Gasteiger partial charge in [-0.3, -0.25) is 19.2 Å². The van der Waals surface area contributed by atoms with Gasteiger partial charge in [0.25, 0.3) is 0 Å². The maximum Gasteiger partial charge on any atom is 0.316 e. The molecule has 0 aromatic rings. The lowest BCUT2D eigenvalue weighted by atomic mass is 9.83. The minimum Gasteiger partial charge on any atom is -0.481 e. The first-order valence-electron chi connectivity index (χ1n) is 13.0. The van der Waals surface area contributed by atoms with Crippen LogP contribution >= 0.6 is 0 Å². The van der Waals surface area contributed by atoms with E-state index in [4.69, 9.17) is 14.6 Å². The summed E-state index contributed by atoms with van der Waals surface area (Å²) in [4.78, 5) is 46.9. The van der Waals surface area contributed by atoms with E-state index in [0.717, 1.165) is 57.8 Å². The smallest absolute Gasteiger partial charge is 0.316 e. The Balaban J connectivity index is 4.74. The van der Waals surface area contributed by atoms with Gasteiger partial charge in [0, 0.05) is 19.3 Å². The summed E-state index contributed by atoms with van der Waals surface area (Å²) in [6.07, 6.45) is 11.9. The fourth-order valence-electron chi connectivity index (χ4n) is 3.66. The van der Waals surface area contributed by atoms with E-state index >= 15 is 0 Å². The lowest BCUT2D eigenvalue weighted by Gasteiger charge is -2.28. The van der Waals surface area contributed by atoms with Crippen molar-refractivity contribution in [3.05, 3.63) is 0 Å². The molecule has 0 saturated carbocycles. The summed E-state index contributed by atoms with van der Waals surface area (Å²) in [5.41, 5.74) is -1.44. The van der Waals surface area contributed by atoms with Gasteiger partial charge in [-0.15, -0.1) is 0 Å². The van der Waals surface area contributed by atoms with Crippen molar-refractivity contribution in [2.24, 2.45) is 5.41 Å². The zero-order chi connectivity index (χ0) is 25.7. The van der Waals surface area contributed by atoms with Crippen molar-refractivity contribution < 1.29 is 38.9 Å². The highest BCUT2D eigenvalue weighted by Crippen LogP contribution is 2.28. The van der Waals surface area contributed by atoms with Crippen molar-refractivity contribution in [1.29, 1.82) is 0 Å². The Morgan fingerprint density at radius 2 is 1.00 bits per heavy atom. The van der Waals surface area contributed by atoms with E-state index in [9.17, 15) is 24.3 Å². The molecule has 0 atom stereocenters. The number of carbonyl (C=O) groups excluding carboxylic acids is 2. The van der Waals surface area contributed by atoms with Crippen LogP contribution in [0, 0.1) is 5.41 Å². The number of rotatable bonds is 23. The number of carboxylic acids is 2. The van der Waals surface area contributed by atoms with Gasteiger partial charge in [-0.25, -0.2) is 0 Å². The highest BCUT2D eigenvalue weighted by molar-refractivity contribution is 5.77. The molecule has 8 heteroatoms. The molecule has 0 heterocycles. The number of carboxylic acid groups (broad SMARTS) is 2. The molecular weight excluding hydrogens is 440 g/mol. The van der Waals surface area contributed by atoms with E-state index in [1.807, 2.05) is 13.8 Å². The fourth-order valence-corrected chi connectivity index (χ4v) is 3.66. The number of hydrogen-bond donors (Lipinski definition) is 2. The third-order valence-corrected chi connectivity index (χ3v) is 5.99. The number of esters is 2. The Kier molecular flexibility index (Phi) is 19.0. The predicted octanol–water partition coefficient (Wildman–Crippen LogP) is 5.90. The highest BCUT2D eigenvalue weighted by Gasteiger charge is 2.41. The number of hydrogen-bond acceptors (Lipinski definition) is 6. The molecule has 0 spiro atoms. The van der Waals surface area contributed by atoms with E-state index < -0.39 is 29.3 Å². The minimum absolute atomic E-state index is 0.190. The van der Waals surface area contributed by atoms with Crippen molar-refractivity contribution in [3.63, 3.8) is 0 Å². The van der Waals surface area contributed by atoms with E-state index in [-0.39, 0.29) is 38.9 Å². The number of aliphatic carboxylic acids is 2. The Hall–Kier alpha value is -2.12. The predicted molar refractivity (Wildman–Crippen MR) is 129 cm³/mol. The molecular formula is C26H46O8. The molecule has 2 N–H and O–H groups in total. The second kappa shape index (κ2) is 20.3. The molecule has 0 saturated heterocycles. The van der Waals surface area contributed by atoms with E-state index in [0.29, 0.717) is 25.7 Å². The SMILES string of the molecule is CCCCCC(=O)OCC(CCCCCCCCCC(=O)O)(COC(=O)CCCCC)C(=O)O. The van der Waals surface area contributed by atoms with Crippen molar-refractivity contribution >= 4 is 23.9 Å². The molecule has 0 rings (SSSR count). The van der Waals surface area contributed by atoms with Crippen LogP contribution < -0.4 is 0 Å². The van der Waals surface area contributed by atoms with Gasteiger partial charge >= 0.3 is 23.9 Å². The molecule has 0 aliphatic heterocycles. The molecule has 8 nitrogen and oxygen atoms in total. The molecule has 0 unspecified atom stereocenters. The van der Waals surface area contributed by atoms with E-state index in [1.165, 1.54) is 0 Å². The molecule has 0 bridgehead atoms. The average Bonchev–Trinajstić information content (AvgIpc) is 2.79. The molecule has 0 amide bonds. The van der Waals surface area contributed by atoms with Crippen LogP contribution in [0.25, 0.3) is 0 Å². The maximum absolute atomic E-state index is 12.2. The number of ether oxygens (including phenoxy) is 2. The molecule has 198 valence electrons. The first-order valence-corrected chi connectivity index (χ1v) is 13.0. The van der Waals surface area contributed by atoms with Crippen LogP contribution in [-0.4, -0.2) is 47.3 Å². The lowest BCUT2D eigenvalue weighted by Crippen LogP contribution is -2.41. The zero-order valence-electron chi connectivity index (χ0n) is 21.3. The molecule has 0 aliphatic rings. The van der Waals surface area contributed by atoms with Gasteiger partial charge in [-0.1, -0.05) is 78.1 Å². The summed E-state index contributed by atoms with van der Waals surface area (Å²) < 4.78 is 10.7. The first kappa shape index (κ1) is 31.9. The summed E-state index contributed by atoms with van der Waals surface area (Å²) >= 11 is 0. The summed E-state index contributed by atoms with van der Waals surface area (Å²) in [5.74, 6) is -2.74. The van der Waals surface area contributed by atoms with Crippen molar-refractivity contribution in [3.8, 4) is 0 Å². The Labute approximate surface area is 204 Å². The molecule has 34 heavy (non-hydrogen) atoms. The van der Waals surface area contributed by atoms with E-state index in [2.05, 4.69) is 0 Å². The Bertz CT molecular complexity index is 561. The van der Waals surface area contributed by atoms with Crippen molar-refractivity contribution in [2.45, 2.75) is 123 Å². The summed E-state index contributed by atoms with van der Waals surface area (Å²) in [5, 5.41) is 18.7. The van der Waals surface area contributed by atoms with Crippen LogP contribution in [-0.2, 0) is 28.7 Å². The summed E-state index contributed by atoms with van der Waals surface area (Å²) in [6, 6.07) is 0. The Morgan fingerprint density at radius 3 is 1.41 bits per heavy atom. The minimum atomic E-state index is -1.44. The molecule has 0 radical (unpaired) electrons. The topological polar surface area (TPSA) is 127 Å². The first-order chi connectivity index (χ1) is 16.3. The highest BCUT2D eigenvalue weighted by atomic mass is 16.6. The lowest BCUT2D eigenvalue weighted by molar-refractivity contribution is -0.168. The second-order valence-electron chi connectivity index (χ2n) is 9.19. The Morgan fingerprint density at radius 1 is 0.588 bits per heavy atom. The van der Waals surface area contributed by atoms with Gasteiger partial charge < -0.3 is 19.7 Å². The van der Waals surface area contributed by atoms with Crippen LogP contribution in [0.3, 0.4) is 0 Å². The molecule has 0 aromatic heterocycles. The van der Waals surface area contributed by atoms with Crippen LogP contribution in [0.4, 0.5) is 0 Å². The quantitative estimate of drug-likeness (QED) is 0.135. The molecule has 0 fully saturated rings. The van der Waals surface area contributed by atoms with Gasteiger partial charge in [0.15, 0.2) is 0 Å². The summed E-state index contributed by atoms with van der Waals surface area (Å²) in [7, 11) is 0. The van der Waals surface area contributed by atoms with Gasteiger partial charge in [0.1, 0.15) is 18.6 Å². The van der Waals surface area contributed by atoms with Crippen LogP contribution in [0.15, 0.2) is 0 Å². The summed E-state index contributed by atoms with van der Waals surface area (Å²) in [6.45, 7) is 3.47. The van der Waals surface area contributed by atoms with Crippen molar-refractivity contribution in [1.82, 2.24) is 0 Å². The van der Waals surface area contributed by atoms with Crippen LogP contribution in [0.1, 0.15) is 123 Å². The van der Waals surface area contributed by atoms with Gasteiger partial charge in [0.05, 0.1) is 0 Å². The number of unbranched alkanes of at least 4 members (excludes halogenated alkanes) is 10. The molecule has 0 aromatic carbocycles. The zero-order valence-corrected chi connectivity index (χ0v) is 21.3. The average molecular weight is 487 g/mol.